The minimum atomic E-state index is -1.02. The first-order chi connectivity index (χ1) is 8.74. The smallest absolute Gasteiger partial charge is 0.329 e. The van der Waals surface area contributed by atoms with Gasteiger partial charge in [-0.25, -0.2) is 4.79 Å². The lowest BCUT2D eigenvalue weighted by Gasteiger charge is -2.20. The van der Waals surface area contributed by atoms with E-state index in [1.807, 2.05) is 0 Å². The normalized spacial score (nSPS) is 19.9. The second-order valence-electron chi connectivity index (χ2n) is 4.17. The molecule has 0 aliphatic carbocycles. The molecule has 0 radical (unpaired) electrons. The fourth-order valence-corrected chi connectivity index (χ4v) is 1.82. The van der Waals surface area contributed by atoms with E-state index in [-0.39, 0.29) is 19.3 Å². The molecule has 1 atom stereocenters. The molecule has 18 heavy (non-hydrogen) atoms. The van der Waals surface area contributed by atoms with Gasteiger partial charge < -0.3 is 19.0 Å². The number of nitrogens with zero attached hydrogens (tertiary/aromatic N) is 2. The molecule has 100 valence electrons. The summed E-state index contributed by atoms with van der Waals surface area (Å²) in [4.78, 5) is 10.2. The van der Waals surface area contributed by atoms with Crippen LogP contribution in [0.4, 0.5) is 0 Å². The summed E-state index contributed by atoms with van der Waals surface area (Å²) >= 11 is 0. The van der Waals surface area contributed by atoms with Crippen LogP contribution in [0.15, 0.2) is 4.42 Å². The molecule has 1 fully saturated rings. The second-order valence-corrected chi connectivity index (χ2v) is 4.17. The summed E-state index contributed by atoms with van der Waals surface area (Å²) in [6.45, 7) is 0.432. The molecule has 0 saturated carbocycles. The van der Waals surface area contributed by atoms with Gasteiger partial charge in [0.2, 0.25) is 11.8 Å². The summed E-state index contributed by atoms with van der Waals surface area (Å²) in [6.07, 6.45) is 4.02. The number of hydrogen-bond donors (Lipinski definition) is 1. The van der Waals surface area contributed by atoms with E-state index in [2.05, 4.69) is 10.2 Å². The lowest BCUT2D eigenvalue weighted by atomic mass is 10.1. The maximum atomic E-state index is 10.2. The molecular weight excluding hydrogens is 240 g/mol. The zero-order valence-corrected chi connectivity index (χ0v) is 10.0. The summed E-state index contributed by atoms with van der Waals surface area (Å²) in [6, 6.07) is 0. The Morgan fingerprint density at radius 3 is 2.94 bits per heavy atom. The van der Waals surface area contributed by atoms with Crippen molar-refractivity contribution >= 4 is 5.97 Å². The molecule has 1 aliphatic heterocycles. The molecule has 1 N–H and O–H groups in total. The number of hydrogen-bond acceptors (Lipinski definition) is 6. The first-order valence-corrected chi connectivity index (χ1v) is 5.96. The first kappa shape index (κ1) is 13.0. The van der Waals surface area contributed by atoms with Gasteiger partial charge in [-0.15, -0.1) is 10.2 Å². The third-order valence-corrected chi connectivity index (χ3v) is 2.64. The van der Waals surface area contributed by atoms with E-state index in [0.29, 0.717) is 18.2 Å². The van der Waals surface area contributed by atoms with Gasteiger partial charge in [0.15, 0.2) is 0 Å². The molecule has 0 amide bonds. The number of carboxylic acid groups (broad SMARTS) is 1. The highest BCUT2D eigenvalue weighted by Crippen LogP contribution is 2.16. The lowest BCUT2D eigenvalue weighted by molar-refractivity contribution is -0.142. The number of aromatic nitrogens is 2. The highest BCUT2D eigenvalue weighted by Gasteiger charge is 2.18. The van der Waals surface area contributed by atoms with Crippen molar-refractivity contribution in [1.82, 2.24) is 10.2 Å². The van der Waals surface area contributed by atoms with Gasteiger partial charge in [0.25, 0.3) is 0 Å². The van der Waals surface area contributed by atoms with E-state index >= 15 is 0 Å². The van der Waals surface area contributed by atoms with E-state index in [1.165, 1.54) is 0 Å². The van der Waals surface area contributed by atoms with Crippen LogP contribution >= 0.6 is 0 Å². The molecule has 2 heterocycles. The fraction of sp³-hybridized carbons (Fsp3) is 0.727. The zero-order chi connectivity index (χ0) is 12.8. The van der Waals surface area contributed by atoms with Crippen LogP contribution in [0.25, 0.3) is 0 Å². The Labute approximate surface area is 104 Å². The molecular formula is C11H16N2O5. The molecule has 7 heteroatoms. The number of aliphatic carboxylic acids is 1. The van der Waals surface area contributed by atoms with Gasteiger partial charge in [0, 0.05) is 6.61 Å². The molecule has 1 unspecified atom stereocenters. The second kappa shape index (κ2) is 6.46. The number of ether oxygens (including phenoxy) is 2. The lowest BCUT2D eigenvalue weighted by Crippen LogP contribution is -2.21. The Morgan fingerprint density at radius 2 is 2.22 bits per heavy atom. The van der Waals surface area contributed by atoms with Crippen molar-refractivity contribution in [3.05, 3.63) is 11.8 Å². The fourth-order valence-electron chi connectivity index (χ4n) is 1.82. The molecule has 0 bridgehead atoms. The van der Waals surface area contributed by atoms with Gasteiger partial charge in [-0.3, -0.25) is 0 Å². The van der Waals surface area contributed by atoms with Gasteiger partial charge in [-0.05, 0) is 19.3 Å². The van der Waals surface area contributed by atoms with E-state index in [4.69, 9.17) is 19.0 Å². The highest BCUT2D eigenvalue weighted by atomic mass is 16.5. The largest absolute Gasteiger partial charge is 0.480 e. The van der Waals surface area contributed by atoms with Gasteiger partial charge in [-0.1, -0.05) is 0 Å². The van der Waals surface area contributed by atoms with Crippen LogP contribution < -0.4 is 0 Å². The van der Waals surface area contributed by atoms with Crippen molar-refractivity contribution < 1.29 is 23.8 Å². The molecule has 7 nitrogen and oxygen atoms in total. The monoisotopic (exact) mass is 256 g/mol. The summed E-state index contributed by atoms with van der Waals surface area (Å²) in [5.41, 5.74) is 0. The van der Waals surface area contributed by atoms with Crippen molar-refractivity contribution in [3.8, 4) is 0 Å². The summed E-state index contributed by atoms with van der Waals surface area (Å²) in [5, 5.41) is 16.1. The van der Waals surface area contributed by atoms with Crippen molar-refractivity contribution in [1.29, 1.82) is 0 Å². The quantitative estimate of drug-likeness (QED) is 0.803. The highest BCUT2D eigenvalue weighted by molar-refractivity contribution is 5.67. The minimum absolute atomic E-state index is 0.0187. The first-order valence-electron chi connectivity index (χ1n) is 5.96. The molecule has 0 aromatic carbocycles. The SMILES string of the molecule is O=C(O)COCc1nnc(CC2CCCCO2)o1. The Morgan fingerprint density at radius 1 is 1.39 bits per heavy atom. The van der Waals surface area contributed by atoms with Crippen LogP contribution in [-0.4, -0.2) is 40.6 Å². The van der Waals surface area contributed by atoms with E-state index in [1.54, 1.807) is 0 Å². The minimum Gasteiger partial charge on any atom is -0.480 e. The molecule has 0 spiro atoms. The predicted molar refractivity (Wildman–Crippen MR) is 58.9 cm³/mol. The van der Waals surface area contributed by atoms with Crippen LogP contribution in [0.2, 0.25) is 0 Å². The van der Waals surface area contributed by atoms with E-state index < -0.39 is 5.97 Å². The third kappa shape index (κ3) is 4.08. The van der Waals surface area contributed by atoms with Crippen molar-refractivity contribution in [3.63, 3.8) is 0 Å². The van der Waals surface area contributed by atoms with Crippen LogP contribution in [0.3, 0.4) is 0 Å². The maximum absolute atomic E-state index is 10.2. The van der Waals surface area contributed by atoms with Gasteiger partial charge in [-0.2, -0.15) is 0 Å². The van der Waals surface area contributed by atoms with Crippen molar-refractivity contribution in [2.75, 3.05) is 13.2 Å². The number of carbonyl (C=O) groups is 1. The van der Waals surface area contributed by atoms with E-state index in [0.717, 1.165) is 25.9 Å². The van der Waals surface area contributed by atoms with Gasteiger partial charge in [0.1, 0.15) is 13.2 Å². The van der Waals surface area contributed by atoms with E-state index in [9.17, 15) is 4.79 Å². The Bertz CT molecular complexity index is 387. The third-order valence-electron chi connectivity index (χ3n) is 2.64. The Hall–Kier alpha value is -1.47. The average Bonchev–Trinajstić information content (AvgIpc) is 2.78. The van der Waals surface area contributed by atoms with Crippen molar-refractivity contribution in [2.45, 2.75) is 38.4 Å². The van der Waals surface area contributed by atoms with Crippen LogP contribution in [0.1, 0.15) is 31.0 Å². The summed E-state index contributed by atoms with van der Waals surface area (Å²) < 4.78 is 15.8. The predicted octanol–water partition coefficient (Wildman–Crippen LogP) is 0.782. The topological polar surface area (TPSA) is 94.7 Å². The van der Waals surface area contributed by atoms with Crippen LogP contribution in [0.5, 0.6) is 0 Å². The number of carboxylic acids is 1. The number of rotatable bonds is 6. The standard InChI is InChI=1S/C11H16N2O5/c14-11(15)7-16-6-10-13-12-9(18-10)5-8-3-1-2-4-17-8/h8H,1-7H2,(H,14,15). The molecule has 1 aromatic heterocycles. The van der Waals surface area contributed by atoms with Crippen LogP contribution in [0, 0.1) is 0 Å². The Kier molecular flexibility index (Phi) is 4.66. The van der Waals surface area contributed by atoms with Gasteiger partial charge in [0.05, 0.1) is 12.5 Å². The summed E-state index contributed by atoms with van der Waals surface area (Å²) in [7, 11) is 0. The molecule has 2 rings (SSSR count). The summed E-state index contributed by atoms with van der Waals surface area (Å²) in [5.74, 6) is -0.219. The zero-order valence-electron chi connectivity index (χ0n) is 10.0. The van der Waals surface area contributed by atoms with Crippen molar-refractivity contribution in [2.24, 2.45) is 0 Å². The molecule has 1 aromatic rings. The molecule has 1 saturated heterocycles. The average molecular weight is 256 g/mol. The Balaban J connectivity index is 1.76. The molecule has 1 aliphatic rings. The maximum Gasteiger partial charge on any atom is 0.329 e. The van der Waals surface area contributed by atoms with Gasteiger partial charge >= 0.3 is 5.97 Å². The van der Waals surface area contributed by atoms with Crippen LogP contribution in [-0.2, 0) is 27.3 Å².